The lowest BCUT2D eigenvalue weighted by Crippen LogP contribution is -2.19. The van der Waals surface area contributed by atoms with Crippen LogP contribution in [-0.2, 0) is 11.8 Å². The van der Waals surface area contributed by atoms with Gasteiger partial charge in [-0.2, -0.15) is 0 Å². The molecule has 4 rings (SSSR count). The molecule has 31 heavy (non-hydrogen) atoms. The number of halogens is 2. The monoisotopic (exact) mass is 452 g/mol. The third-order valence-electron chi connectivity index (χ3n) is 4.61. The molecule has 0 bridgehead atoms. The molecule has 1 unspecified atom stereocenters. The molecular weight excluding hydrogens is 435 g/mol. The number of carbonyl (C=O) groups excluding carboxylic acids is 1. The number of nitrogens with one attached hydrogen (secondary N) is 1. The summed E-state index contributed by atoms with van der Waals surface area (Å²) in [4.78, 5) is 13.1. The smallest absolute Gasteiger partial charge is 0.242 e. The van der Waals surface area contributed by atoms with Gasteiger partial charge in [0.2, 0.25) is 5.91 Å². The van der Waals surface area contributed by atoms with Gasteiger partial charge in [0.1, 0.15) is 11.1 Å². The molecule has 0 fully saturated rings. The largest absolute Gasteiger partial charge is 0.325 e. The highest BCUT2D eigenvalue weighted by molar-refractivity contribution is 8.00. The molecule has 1 amide bonds. The van der Waals surface area contributed by atoms with Gasteiger partial charge >= 0.3 is 0 Å². The van der Waals surface area contributed by atoms with E-state index in [4.69, 9.17) is 11.6 Å². The Balaban J connectivity index is 1.62. The average Bonchev–Trinajstić information content (AvgIpc) is 3.15. The van der Waals surface area contributed by atoms with E-state index in [-0.39, 0.29) is 11.7 Å². The van der Waals surface area contributed by atoms with E-state index in [9.17, 15) is 9.18 Å². The predicted molar refractivity (Wildman–Crippen MR) is 122 cm³/mol. The van der Waals surface area contributed by atoms with E-state index >= 15 is 0 Å². The van der Waals surface area contributed by atoms with E-state index in [1.165, 1.54) is 36.0 Å². The lowest BCUT2D eigenvalue weighted by Gasteiger charge is -2.16. The third-order valence-corrected chi connectivity index (χ3v) is 6.15. The normalized spacial score (nSPS) is 11.8. The van der Waals surface area contributed by atoms with Gasteiger partial charge in [0.25, 0.3) is 0 Å². The summed E-state index contributed by atoms with van der Waals surface area (Å²) in [6.45, 7) is 0. The first-order chi connectivity index (χ1) is 15.0. The van der Waals surface area contributed by atoms with Gasteiger partial charge in [-0.25, -0.2) is 4.39 Å². The Morgan fingerprint density at radius 2 is 1.68 bits per heavy atom. The molecule has 4 aromatic rings. The summed E-state index contributed by atoms with van der Waals surface area (Å²) in [7, 11) is 1.85. The number of carbonyl (C=O) groups is 1. The van der Waals surface area contributed by atoms with Crippen LogP contribution in [0.3, 0.4) is 0 Å². The molecule has 156 valence electrons. The Bertz CT molecular complexity index is 1180. The summed E-state index contributed by atoms with van der Waals surface area (Å²) in [5.74, 6) is 0.0737. The Morgan fingerprint density at radius 3 is 2.35 bits per heavy atom. The quantitative estimate of drug-likeness (QED) is 0.378. The summed E-state index contributed by atoms with van der Waals surface area (Å²) in [5, 5.41) is 12.1. The number of thioether (sulfide) groups is 1. The van der Waals surface area contributed by atoms with Gasteiger partial charge in [-0.1, -0.05) is 53.7 Å². The van der Waals surface area contributed by atoms with Crippen LogP contribution < -0.4 is 5.32 Å². The number of rotatable bonds is 6. The minimum Gasteiger partial charge on any atom is -0.325 e. The lowest BCUT2D eigenvalue weighted by molar-refractivity contribution is -0.115. The van der Waals surface area contributed by atoms with E-state index in [0.717, 1.165) is 11.1 Å². The van der Waals surface area contributed by atoms with Crippen LogP contribution in [0.4, 0.5) is 10.1 Å². The summed E-state index contributed by atoms with van der Waals surface area (Å²) < 4.78 is 15.0. The Labute approximate surface area is 188 Å². The van der Waals surface area contributed by atoms with Crippen molar-refractivity contribution in [2.75, 3.05) is 5.32 Å². The van der Waals surface area contributed by atoms with Gasteiger partial charge in [-0.3, -0.25) is 4.79 Å². The fourth-order valence-electron chi connectivity index (χ4n) is 3.02. The van der Waals surface area contributed by atoms with Gasteiger partial charge in [0, 0.05) is 23.3 Å². The van der Waals surface area contributed by atoms with Crippen molar-refractivity contribution < 1.29 is 9.18 Å². The maximum atomic E-state index is 13.2. The van der Waals surface area contributed by atoms with Gasteiger partial charge < -0.3 is 9.88 Å². The number of anilines is 1. The summed E-state index contributed by atoms with van der Waals surface area (Å²) in [6, 6.07) is 22.4. The van der Waals surface area contributed by atoms with Crippen LogP contribution >= 0.6 is 23.4 Å². The molecule has 1 atom stereocenters. The van der Waals surface area contributed by atoms with Crippen LogP contribution in [0.1, 0.15) is 10.8 Å². The van der Waals surface area contributed by atoms with Crippen molar-refractivity contribution in [2.45, 2.75) is 10.4 Å². The molecule has 0 aliphatic carbocycles. The zero-order valence-corrected chi connectivity index (χ0v) is 18.1. The van der Waals surface area contributed by atoms with Crippen molar-refractivity contribution in [3.8, 4) is 11.4 Å². The summed E-state index contributed by atoms with van der Waals surface area (Å²) >= 11 is 7.27. The van der Waals surface area contributed by atoms with Crippen molar-refractivity contribution in [3.05, 3.63) is 95.3 Å². The second kappa shape index (κ2) is 9.32. The highest BCUT2D eigenvalue weighted by Crippen LogP contribution is 2.36. The predicted octanol–water partition coefficient (Wildman–Crippen LogP) is 5.75. The third kappa shape index (κ3) is 4.95. The molecule has 8 heteroatoms. The summed E-state index contributed by atoms with van der Waals surface area (Å²) in [6.07, 6.45) is 0. The fraction of sp³-hybridized carbons (Fsp3) is 0.0870. The van der Waals surface area contributed by atoms with Crippen molar-refractivity contribution in [1.29, 1.82) is 0 Å². The minimum atomic E-state index is -0.577. The molecule has 0 saturated heterocycles. The van der Waals surface area contributed by atoms with Gasteiger partial charge in [-0.15, -0.1) is 10.2 Å². The Kier molecular flexibility index (Phi) is 6.34. The van der Waals surface area contributed by atoms with Crippen LogP contribution in [0.15, 0.2) is 84.0 Å². The topological polar surface area (TPSA) is 59.8 Å². The Hall–Kier alpha value is -3.16. The van der Waals surface area contributed by atoms with Crippen molar-refractivity contribution in [3.63, 3.8) is 0 Å². The number of nitrogens with zero attached hydrogens (tertiary/aromatic N) is 3. The molecule has 1 aromatic heterocycles. The van der Waals surface area contributed by atoms with E-state index in [1.54, 1.807) is 12.1 Å². The molecule has 0 aliphatic rings. The molecule has 1 N–H and O–H groups in total. The highest BCUT2D eigenvalue weighted by atomic mass is 35.5. The van der Waals surface area contributed by atoms with Crippen LogP contribution in [0.25, 0.3) is 11.4 Å². The molecule has 1 heterocycles. The number of hydrogen-bond acceptors (Lipinski definition) is 4. The molecule has 0 radical (unpaired) electrons. The van der Waals surface area contributed by atoms with E-state index < -0.39 is 5.25 Å². The fourth-order valence-corrected chi connectivity index (χ4v) is 4.14. The maximum absolute atomic E-state index is 13.2. The number of amides is 1. The molecule has 5 nitrogen and oxygen atoms in total. The molecule has 0 spiro atoms. The van der Waals surface area contributed by atoms with Gasteiger partial charge in [-0.05, 0) is 54.1 Å². The zero-order valence-electron chi connectivity index (χ0n) is 16.5. The highest BCUT2D eigenvalue weighted by Gasteiger charge is 2.25. The zero-order chi connectivity index (χ0) is 21.8. The second-order valence-electron chi connectivity index (χ2n) is 6.78. The number of hydrogen-bond donors (Lipinski definition) is 1. The van der Waals surface area contributed by atoms with E-state index in [1.807, 2.05) is 54.1 Å². The number of benzene rings is 3. The van der Waals surface area contributed by atoms with Gasteiger partial charge in [0.15, 0.2) is 11.0 Å². The summed E-state index contributed by atoms with van der Waals surface area (Å²) in [5.41, 5.74) is 2.22. The van der Waals surface area contributed by atoms with Crippen LogP contribution in [-0.4, -0.2) is 20.7 Å². The SMILES string of the molecule is Cn1c(SC(C(=O)Nc2ccc(F)cc2)c2ccccc2)nnc1-c1ccc(Cl)cc1. The van der Waals surface area contributed by atoms with Crippen molar-refractivity contribution in [1.82, 2.24) is 14.8 Å². The second-order valence-corrected chi connectivity index (χ2v) is 8.29. The standard InChI is InChI=1S/C23H18ClFN4OS/c1-29-21(16-7-9-17(24)10-8-16)27-28-23(29)31-20(15-5-3-2-4-6-15)22(30)26-19-13-11-18(25)12-14-19/h2-14,20H,1H3,(H,26,30). The first kappa shape index (κ1) is 21.1. The number of aromatic nitrogens is 3. The first-order valence-electron chi connectivity index (χ1n) is 9.44. The van der Waals surface area contributed by atoms with Crippen LogP contribution in [0.2, 0.25) is 5.02 Å². The maximum Gasteiger partial charge on any atom is 0.242 e. The molecule has 3 aromatic carbocycles. The molecular formula is C23H18ClFN4OS. The Morgan fingerprint density at radius 1 is 1.00 bits per heavy atom. The lowest BCUT2D eigenvalue weighted by atomic mass is 10.1. The van der Waals surface area contributed by atoms with Crippen molar-refractivity contribution in [2.24, 2.45) is 7.05 Å². The molecule has 0 saturated carbocycles. The van der Waals surface area contributed by atoms with Crippen LogP contribution in [0.5, 0.6) is 0 Å². The van der Waals surface area contributed by atoms with Crippen LogP contribution in [0, 0.1) is 5.82 Å². The average molecular weight is 453 g/mol. The van der Waals surface area contributed by atoms with E-state index in [0.29, 0.717) is 21.7 Å². The first-order valence-corrected chi connectivity index (χ1v) is 10.7. The van der Waals surface area contributed by atoms with E-state index in [2.05, 4.69) is 15.5 Å². The van der Waals surface area contributed by atoms with Crippen molar-refractivity contribution >= 4 is 35.0 Å². The van der Waals surface area contributed by atoms with Gasteiger partial charge in [0.05, 0.1) is 0 Å². The molecule has 0 aliphatic heterocycles. The minimum absolute atomic E-state index is 0.237.